The SMILES string of the molecule is CC(=O)N(C)C1CCC(Cc2cc(C(C)C)ncn2)CC1.CC(=O)N1CCC(Cc2cc(C(C)C)nc(N(C)C)c2)CC1.CC(=O)N1CCC(Nc2cc(C(C)C)nc(N3CCN(C(C)=O)CC3)c2)CC1.CC(=O)N1CCC(Nc2cc(C(C)C)nc(N3CCOCC3)c2)CC1.COCCN(C)c1cc(CC2CCN(C(C)=O)CC2)cc(C(C)C)n1. The molecule has 12 rings (SSSR count). The van der Waals surface area contributed by atoms with E-state index in [1.54, 1.807) is 55.0 Å². The highest BCUT2D eigenvalue weighted by Gasteiger charge is 2.30. The van der Waals surface area contributed by atoms with Crippen molar-refractivity contribution in [2.24, 2.45) is 17.8 Å². The number of piperidine rings is 4. The van der Waals surface area contributed by atoms with Crippen LogP contribution < -0.4 is 30.2 Å². The van der Waals surface area contributed by atoms with Crippen LogP contribution in [-0.4, -0.2) is 266 Å². The van der Waals surface area contributed by atoms with Crippen molar-refractivity contribution >= 4 is 70.1 Å². The molecule has 670 valence electrons. The number of carbonyl (C=O) groups is 6. The van der Waals surface area contributed by atoms with Crippen molar-refractivity contribution in [3.63, 3.8) is 0 Å². The molecule has 0 unspecified atom stereocenters. The van der Waals surface area contributed by atoms with Crippen LogP contribution in [-0.2, 0) is 57.5 Å². The van der Waals surface area contributed by atoms with Crippen LogP contribution in [0, 0.1) is 17.8 Å². The van der Waals surface area contributed by atoms with Crippen LogP contribution in [0.2, 0.25) is 0 Å². The summed E-state index contributed by atoms with van der Waals surface area (Å²) in [6, 6.07) is 20.9. The molecule has 11 heterocycles. The fourth-order valence-electron chi connectivity index (χ4n) is 16.8. The highest BCUT2D eigenvalue weighted by atomic mass is 16.5. The molecule has 2 N–H and O–H groups in total. The lowest BCUT2D eigenvalue weighted by molar-refractivity contribution is -0.131. The smallest absolute Gasteiger partial charge is 0.219 e. The molecule has 0 radical (unpaired) electrons. The highest BCUT2D eigenvalue weighted by molar-refractivity contribution is 5.75. The molecule has 0 bridgehead atoms. The third-order valence-corrected chi connectivity index (χ3v) is 25.2. The number of nitrogens with one attached hydrogen (secondary N) is 2. The van der Waals surface area contributed by atoms with Gasteiger partial charge in [-0.3, -0.25) is 28.8 Å². The van der Waals surface area contributed by atoms with E-state index in [4.69, 9.17) is 29.4 Å². The summed E-state index contributed by atoms with van der Waals surface area (Å²) in [5, 5.41) is 7.35. The fraction of sp³-hybridized carbons (Fsp3) is 0.684. The van der Waals surface area contributed by atoms with Gasteiger partial charge in [0.05, 0.1) is 19.8 Å². The zero-order valence-electron chi connectivity index (χ0n) is 77.9. The number of hydrogen-bond acceptors (Lipinski definition) is 20. The van der Waals surface area contributed by atoms with E-state index in [2.05, 4.69) is 171 Å². The first kappa shape index (κ1) is 97.7. The van der Waals surface area contributed by atoms with Gasteiger partial charge in [-0.15, -0.1) is 0 Å². The monoisotopic (exact) mass is 1670 g/mol. The van der Waals surface area contributed by atoms with Crippen LogP contribution in [0.4, 0.5) is 34.6 Å². The van der Waals surface area contributed by atoms with Gasteiger partial charge in [0.15, 0.2) is 0 Å². The molecule has 5 aromatic rings. The van der Waals surface area contributed by atoms with Crippen molar-refractivity contribution in [1.82, 2.24) is 59.3 Å². The van der Waals surface area contributed by atoms with Crippen molar-refractivity contribution in [3.8, 4) is 0 Å². The maximum Gasteiger partial charge on any atom is 0.219 e. The fourth-order valence-corrected chi connectivity index (χ4v) is 16.8. The van der Waals surface area contributed by atoms with Gasteiger partial charge in [-0.2, -0.15) is 0 Å². The number of amides is 6. The number of methoxy groups -OCH3 is 1. The molecule has 121 heavy (non-hydrogen) atoms. The van der Waals surface area contributed by atoms with Crippen LogP contribution in [0.1, 0.15) is 263 Å². The van der Waals surface area contributed by atoms with E-state index in [1.807, 2.05) is 50.5 Å². The Balaban J connectivity index is 0.000000189. The van der Waals surface area contributed by atoms with Gasteiger partial charge in [0.1, 0.15) is 29.6 Å². The Kier molecular flexibility index (Phi) is 39.0. The zero-order chi connectivity index (χ0) is 88.1. The molecule has 5 aromatic heterocycles. The average Bonchev–Trinajstić information content (AvgIpc) is 0.828. The van der Waals surface area contributed by atoms with E-state index in [-0.39, 0.29) is 35.4 Å². The molecule has 6 amide bonds. The maximum atomic E-state index is 11.6. The lowest BCUT2D eigenvalue weighted by Crippen LogP contribution is -2.48. The first-order chi connectivity index (χ1) is 57.6. The Hall–Kier alpha value is -8.78. The van der Waals surface area contributed by atoms with Crippen molar-refractivity contribution in [2.45, 2.75) is 255 Å². The van der Waals surface area contributed by atoms with E-state index >= 15 is 0 Å². The number of piperazine rings is 1. The molecule has 0 spiro atoms. The van der Waals surface area contributed by atoms with E-state index in [0.717, 1.165) is 258 Å². The molecule has 7 fully saturated rings. The number of likely N-dealkylation sites (N-methyl/N-ethyl adjacent to an activating group) is 1. The second-order valence-electron chi connectivity index (χ2n) is 36.6. The van der Waals surface area contributed by atoms with Gasteiger partial charge >= 0.3 is 0 Å². The Labute approximate surface area is 726 Å². The number of rotatable bonds is 23. The number of anilines is 6. The summed E-state index contributed by atoms with van der Waals surface area (Å²) in [5.74, 6) is 9.22. The van der Waals surface area contributed by atoms with Crippen molar-refractivity contribution in [3.05, 3.63) is 106 Å². The molecule has 1 aliphatic carbocycles. The number of ether oxygens (including phenoxy) is 2. The van der Waals surface area contributed by atoms with Gasteiger partial charge in [-0.05, 0) is 197 Å². The number of aromatic nitrogens is 6. The van der Waals surface area contributed by atoms with Crippen LogP contribution in [0.3, 0.4) is 0 Å². The Bertz CT molecular complexity index is 4020. The number of pyridine rings is 4. The second kappa shape index (κ2) is 48.3. The lowest BCUT2D eigenvalue weighted by Gasteiger charge is -2.36. The molecule has 0 atom stereocenters. The molecular weight excluding hydrogens is 1520 g/mol. The molecule has 0 aromatic carbocycles. The first-order valence-electron chi connectivity index (χ1n) is 45.5. The van der Waals surface area contributed by atoms with Crippen LogP contribution in [0.25, 0.3) is 0 Å². The predicted molar refractivity (Wildman–Crippen MR) is 489 cm³/mol. The first-order valence-corrected chi connectivity index (χ1v) is 45.5. The summed E-state index contributed by atoms with van der Waals surface area (Å²) in [6.45, 7) is 46.5. The van der Waals surface area contributed by atoms with E-state index in [9.17, 15) is 28.8 Å². The van der Waals surface area contributed by atoms with E-state index in [1.165, 1.54) is 29.7 Å². The van der Waals surface area contributed by atoms with E-state index < -0.39 is 0 Å². The number of carbonyl (C=O) groups excluding carboxylic acids is 6. The Morgan fingerprint density at radius 2 is 0.785 bits per heavy atom. The summed E-state index contributed by atoms with van der Waals surface area (Å²) in [5.41, 5.74) is 11.8. The highest BCUT2D eigenvalue weighted by Crippen LogP contribution is 2.34. The van der Waals surface area contributed by atoms with Gasteiger partial charge < -0.3 is 69.1 Å². The Morgan fingerprint density at radius 3 is 1.17 bits per heavy atom. The van der Waals surface area contributed by atoms with Gasteiger partial charge in [-0.25, -0.2) is 29.9 Å². The summed E-state index contributed by atoms with van der Waals surface area (Å²) in [6.07, 6.45) is 17.8. The van der Waals surface area contributed by atoms with Crippen molar-refractivity contribution < 1.29 is 38.2 Å². The van der Waals surface area contributed by atoms with Gasteiger partial charge in [0.2, 0.25) is 35.4 Å². The minimum atomic E-state index is 0.141. The standard InChI is InChI=1S/C21H33N5O2.C20H33N3O2.C19H30N4O2.C18H29N3O.C17H27N3O/c1-15(2)20-13-19(22-18-5-7-24(8-6-18)16(3)27)14-21(23-20)26-11-9-25(10-12-26)17(4)28;1-15(2)19-13-18(14-20(21-19)22(4)10-11-25-5)12-17-6-8-23(9-7-17)16(3)24;1-14(2)18-12-17(13-19(21-18)23-8-10-25-11-9-23)20-16-4-6-22(7-5-16)15(3)24;1-13(2)17-11-16(12-18(19-17)20(4)5)10-15-6-8-21(9-7-15)14(3)22;1-12(2)17-10-15(18-11-19-17)9-14-5-7-16(8-6-14)20(4)13(3)21/h13-15,18H,5-12H2,1-4H3,(H,22,23);13-15,17H,6-12H2,1-5H3;12-14,16H,4-11H2,1-3H3,(H,20,21);11-13,15H,6-10H2,1-5H3;10-12,14,16H,5-9H2,1-4H3. The van der Waals surface area contributed by atoms with Gasteiger partial charge in [0, 0.05) is 251 Å². The quantitative estimate of drug-likeness (QED) is 0.0616. The predicted octanol–water partition coefficient (Wildman–Crippen LogP) is 14.1. The third kappa shape index (κ3) is 31.5. The maximum absolute atomic E-state index is 11.6. The normalized spacial score (nSPS) is 18.3. The molecule has 1 saturated carbocycles. The van der Waals surface area contributed by atoms with Gasteiger partial charge in [-0.1, -0.05) is 69.2 Å². The van der Waals surface area contributed by atoms with Crippen LogP contribution in [0.15, 0.2) is 60.9 Å². The lowest BCUT2D eigenvalue weighted by atomic mass is 9.82. The second-order valence-corrected chi connectivity index (χ2v) is 36.6. The molecule has 7 aliphatic rings. The molecular formula is C95H152N18O8. The topological polar surface area (TPSA) is 255 Å². The number of nitrogens with zero attached hydrogens (tertiary/aromatic N) is 16. The largest absolute Gasteiger partial charge is 0.383 e. The minimum absolute atomic E-state index is 0.141. The number of morpholine rings is 1. The minimum Gasteiger partial charge on any atom is -0.383 e. The average molecular weight is 1670 g/mol. The van der Waals surface area contributed by atoms with Crippen molar-refractivity contribution in [2.75, 3.05) is 184 Å². The van der Waals surface area contributed by atoms with E-state index in [0.29, 0.717) is 72.1 Å². The summed E-state index contributed by atoms with van der Waals surface area (Å²) in [4.78, 5) is 117. The summed E-state index contributed by atoms with van der Waals surface area (Å²) < 4.78 is 10.7. The third-order valence-electron chi connectivity index (χ3n) is 25.2. The molecule has 6 saturated heterocycles. The Morgan fingerprint density at radius 1 is 0.413 bits per heavy atom. The van der Waals surface area contributed by atoms with Crippen LogP contribution in [0.5, 0.6) is 0 Å². The summed E-state index contributed by atoms with van der Waals surface area (Å²) >= 11 is 0. The molecule has 26 nitrogen and oxygen atoms in total. The number of likely N-dealkylation sites (tertiary alicyclic amines) is 4. The van der Waals surface area contributed by atoms with Crippen LogP contribution >= 0.6 is 0 Å². The summed E-state index contributed by atoms with van der Waals surface area (Å²) in [7, 11) is 9.81. The molecule has 26 heteroatoms. The van der Waals surface area contributed by atoms with Crippen molar-refractivity contribution in [1.29, 1.82) is 0 Å². The van der Waals surface area contributed by atoms with Gasteiger partial charge in [0.25, 0.3) is 0 Å². The zero-order valence-corrected chi connectivity index (χ0v) is 77.9. The molecule has 6 aliphatic heterocycles. The number of hydrogen-bond donors (Lipinski definition) is 2.